The molecular weight excluding hydrogens is 320 g/mol. The van der Waals surface area contributed by atoms with Crippen LogP contribution in [-0.2, 0) is 16.4 Å². The fraction of sp³-hybridized carbons (Fsp3) is 0.368. The van der Waals surface area contributed by atoms with E-state index in [4.69, 9.17) is 0 Å². The molecule has 1 aliphatic heterocycles. The first-order valence-electron chi connectivity index (χ1n) is 8.44. The van der Waals surface area contributed by atoms with E-state index >= 15 is 0 Å². The van der Waals surface area contributed by atoms with Crippen LogP contribution in [-0.4, -0.2) is 39.5 Å². The first-order valence-corrected chi connectivity index (χ1v) is 9.93. The van der Waals surface area contributed by atoms with Crippen molar-refractivity contribution in [3.8, 4) is 0 Å². The Kier molecular flexibility index (Phi) is 5.66. The second-order valence-electron chi connectivity index (χ2n) is 6.36. The van der Waals surface area contributed by atoms with Crippen LogP contribution in [0.5, 0.6) is 0 Å². The van der Waals surface area contributed by atoms with Crippen LogP contribution in [0.3, 0.4) is 0 Å². The smallest absolute Gasteiger partial charge is 0.240 e. The molecule has 4 nitrogen and oxygen atoms in total. The molecule has 0 spiro atoms. The number of sulfonamides is 1. The van der Waals surface area contributed by atoms with Gasteiger partial charge in [-0.05, 0) is 43.0 Å². The molecule has 0 amide bonds. The molecule has 2 aromatic carbocycles. The maximum atomic E-state index is 12.3. The van der Waals surface area contributed by atoms with E-state index < -0.39 is 10.0 Å². The van der Waals surface area contributed by atoms with Gasteiger partial charge in [0.25, 0.3) is 0 Å². The Morgan fingerprint density at radius 1 is 1.00 bits per heavy atom. The maximum absolute atomic E-state index is 12.3. The highest BCUT2D eigenvalue weighted by Gasteiger charge is 2.24. The molecule has 1 unspecified atom stereocenters. The summed E-state index contributed by atoms with van der Waals surface area (Å²) in [4.78, 5) is 2.76. The molecule has 1 N–H and O–H groups in total. The number of nitrogens with one attached hydrogen (secondary N) is 1. The molecule has 0 saturated carbocycles. The van der Waals surface area contributed by atoms with E-state index in [-0.39, 0.29) is 0 Å². The normalized spacial score (nSPS) is 18.8. The van der Waals surface area contributed by atoms with Crippen LogP contribution in [0.1, 0.15) is 12.0 Å². The van der Waals surface area contributed by atoms with E-state index in [0.717, 1.165) is 32.5 Å². The molecule has 128 valence electrons. The van der Waals surface area contributed by atoms with Gasteiger partial charge in [0.1, 0.15) is 0 Å². The van der Waals surface area contributed by atoms with Crippen molar-refractivity contribution in [2.45, 2.75) is 17.7 Å². The van der Waals surface area contributed by atoms with Gasteiger partial charge in [0, 0.05) is 19.6 Å². The first-order chi connectivity index (χ1) is 11.6. The van der Waals surface area contributed by atoms with Gasteiger partial charge in [-0.2, -0.15) is 0 Å². The van der Waals surface area contributed by atoms with Gasteiger partial charge in [0.2, 0.25) is 10.0 Å². The largest absolute Gasteiger partial charge is 0.303 e. The minimum Gasteiger partial charge on any atom is -0.303 e. The Morgan fingerprint density at radius 2 is 1.67 bits per heavy atom. The van der Waals surface area contributed by atoms with Crippen LogP contribution in [0.4, 0.5) is 0 Å². The summed E-state index contributed by atoms with van der Waals surface area (Å²) in [7, 11) is -3.39. The van der Waals surface area contributed by atoms with Crippen LogP contribution in [0.15, 0.2) is 65.6 Å². The predicted molar refractivity (Wildman–Crippen MR) is 96.3 cm³/mol. The van der Waals surface area contributed by atoms with Gasteiger partial charge in [-0.3, -0.25) is 0 Å². The summed E-state index contributed by atoms with van der Waals surface area (Å²) in [6.07, 6.45) is 2.09. The Labute approximate surface area is 144 Å². The third kappa shape index (κ3) is 4.66. The van der Waals surface area contributed by atoms with E-state index in [9.17, 15) is 8.42 Å². The SMILES string of the molecule is O=S(=O)(NCC1CCN(CCc2ccccc2)C1)c1ccccc1. The van der Waals surface area contributed by atoms with Crippen molar-refractivity contribution in [2.75, 3.05) is 26.2 Å². The average Bonchev–Trinajstić information content (AvgIpc) is 3.08. The molecule has 0 radical (unpaired) electrons. The minimum absolute atomic E-state index is 0.337. The fourth-order valence-electron chi connectivity index (χ4n) is 3.13. The molecule has 0 bridgehead atoms. The molecule has 1 saturated heterocycles. The molecule has 1 fully saturated rings. The van der Waals surface area contributed by atoms with Gasteiger partial charge in [-0.1, -0.05) is 48.5 Å². The molecule has 0 aromatic heterocycles. The summed E-state index contributed by atoms with van der Waals surface area (Å²) in [5.74, 6) is 0.388. The van der Waals surface area contributed by atoms with Crippen LogP contribution in [0.2, 0.25) is 0 Å². The lowest BCUT2D eigenvalue weighted by molar-refractivity contribution is 0.328. The number of hydrogen-bond donors (Lipinski definition) is 1. The highest BCUT2D eigenvalue weighted by atomic mass is 32.2. The lowest BCUT2D eigenvalue weighted by atomic mass is 10.1. The van der Waals surface area contributed by atoms with E-state index in [0.29, 0.717) is 17.4 Å². The highest BCUT2D eigenvalue weighted by molar-refractivity contribution is 7.89. The Morgan fingerprint density at radius 3 is 2.38 bits per heavy atom. The molecule has 5 heteroatoms. The van der Waals surface area contributed by atoms with Crippen LogP contribution in [0.25, 0.3) is 0 Å². The summed E-state index contributed by atoms with van der Waals surface area (Å²) < 4.78 is 27.3. The summed E-state index contributed by atoms with van der Waals surface area (Å²) >= 11 is 0. The molecule has 3 rings (SSSR count). The van der Waals surface area contributed by atoms with E-state index in [1.165, 1.54) is 5.56 Å². The van der Waals surface area contributed by atoms with Gasteiger partial charge in [-0.25, -0.2) is 13.1 Å². The van der Waals surface area contributed by atoms with Gasteiger partial charge in [0.15, 0.2) is 0 Å². The number of benzene rings is 2. The predicted octanol–water partition coefficient (Wildman–Crippen LogP) is 2.53. The maximum Gasteiger partial charge on any atom is 0.240 e. The standard InChI is InChI=1S/C19H24N2O2S/c22-24(23,19-9-5-2-6-10-19)20-15-18-12-14-21(16-18)13-11-17-7-3-1-4-8-17/h1-10,18,20H,11-16H2. The molecule has 24 heavy (non-hydrogen) atoms. The monoisotopic (exact) mass is 344 g/mol. The zero-order chi connectivity index (χ0) is 16.8. The number of nitrogens with zero attached hydrogens (tertiary/aromatic N) is 1. The highest BCUT2D eigenvalue weighted by Crippen LogP contribution is 2.17. The van der Waals surface area contributed by atoms with Crippen molar-refractivity contribution in [2.24, 2.45) is 5.92 Å². The van der Waals surface area contributed by atoms with Crippen LogP contribution in [0, 0.1) is 5.92 Å². The summed E-state index contributed by atoms with van der Waals surface area (Å²) in [6, 6.07) is 19.1. The molecule has 1 heterocycles. The van der Waals surface area contributed by atoms with Crippen molar-refractivity contribution in [3.63, 3.8) is 0 Å². The Hall–Kier alpha value is -1.69. The van der Waals surface area contributed by atoms with Gasteiger partial charge in [-0.15, -0.1) is 0 Å². The van der Waals surface area contributed by atoms with Crippen molar-refractivity contribution in [1.29, 1.82) is 0 Å². The number of hydrogen-bond acceptors (Lipinski definition) is 3. The number of likely N-dealkylation sites (tertiary alicyclic amines) is 1. The zero-order valence-corrected chi connectivity index (χ0v) is 14.6. The first kappa shape index (κ1) is 17.1. The molecule has 0 aliphatic carbocycles. The second-order valence-corrected chi connectivity index (χ2v) is 8.12. The van der Waals surface area contributed by atoms with Crippen molar-refractivity contribution in [3.05, 3.63) is 66.2 Å². The van der Waals surface area contributed by atoms with Crippen LogP contribution < -0.4 is 4.72 Å². The Balaban J connectivity index is 1.45. The van der Waals surface area contributed by atoms with Crippen molar-refractivity contribution >= 4 is 10.0 Å². The lowest BCUT2D eigenvalue weighted by Gasteiger charge is -2.16. The molecule has 2 aromatic rings. The fourth-order valence-corrected chi connectivity index (χ4v) is 4.26. The molecular formula is C19H24N2O2S. The molecule has 1 aliphatic rings. The Bertz CT molecular complexity index is 732. The third-order valence-corrected chi connectivity index (χ3v) is 5.98. The van der Waals surface area contributed by atoms with Crippen molar-refractivity contribution < 1.29 is 8.42 Å². The van der Waals surface area contributed by atoms with E-state index in [1.807, 2.05) is 12.1 Å². The lowest BCUT2D eigenvalue weighted by Crippen LogP contribution is -2.31. The van der Waals surface area contributed by atoms with E-state index in [1.54, 1.807) is 24.3 Å². The second kappa shape index (κ2) is 7.92. The zero-order valence-electron chi connectivity index (χ0n) is 13.8. The van der Waals surface area contributed by atoms with E-state index in [2.05, 4.69) is 33.9 Å². The number of rotatable bonds is 7. The summed E-state index contributed by atoms with van der Waals surface area (Å²) in [5.41, 5.74) is 1.35. The summed E-state index contributed by atoms with van der Waals surface area (Å²) in [6.45, 7) is 3.56. The average molecular weight is 344 g/mol. The third-order valence-electron chi connectivity index (χ3n) is 4.55. The van der Waals surface area contributed by atoms with Gasteiger partial charge >= 0.3 is 0 Å². The quantitative estimate of drug-likeness (QED) is 0.840. The molecule has 1 atom stereocenters. The van der Waals surface area contributed by atoms with Crippen molar-refractivity contribution in [1.82, 2.24) is 9.62 Å². The topological polar surface area (TPSA) is 49.4 Å². The van der Waals surface area contributed by atoms with Gasteiger partial charge < -0.3 is 4.90 Å². The summed E-state index contributed by atoms with van der Waals surface area (Å²) in [5, 5.41) is 0. The van der Waals surface area contributed by atoms with Gasteiger partial charge in [0.05, 0.1) is 4.90 Å². The van der Waals surface area contributed by atoms with Crippen LogP contribution >= 0.6 is 0 Å². The minimum atomic E-state index is -3.39.